The molecule has 0 amide bonds. The quantitative estimate of drug-likeness (QED) is 0.755. The maximum atomic E-state index is 8.67. The molecule has 0 atom stereocenters. The second-order valence-corrected chi connectivity index (χ2v) is 3.27. The van der Waals surface area contributed by atoms with Gasteiger partial charge in [-0.05, 0) is 11.5 Å². The molecule has 1 N–H and O–H groups in total. The first-order valence-electron chi connectivity index (χ1n) is 3.89. The van der Waals surface area contributed by atoms with Gasteiger partial charge >= 0.3 is 10.5 Å². The summed E-state index contributed by atoms with van der Waals surface area (Å²) in [4.78, 5) is 0. The van der Waals surface area contributed by atoms with Crippen molar-refractivity contribution in [3.8, 4) is 0 Å². The minimum absolute atomic E-state index is 0.659. The van der Waals surface area contributed by atoms with Crippen LogP contribution >= 0.6 is 0 Å². The van der Waals surface area contributed by atoms with E-state index in [9.17, 15) is 0 Å². The average Bonchev–Trinajstić information content (AvgIpc) is 2.05. The van der Waals surface area contributed by atoms with Gasteiger partial charge in [-0.3, -0.25) is 0 Å². The molecule has 1 rings (SSSR count). The van der Waals surface area contributed by atoms with Gasteiger partial charge in [0, 0.05) is 0 Å². The summed E-state index contributed by atoms with van der Waals surface area (Å²) in [5.74, 6) is 0.659. The van der Waals surface area contributed by atoms with E-state index in [4.69, 9.17) is 13.2 Å². The number of nitrogens with one attached hydrogen (secondary N) is 1. The standard InChI is InChI=1S/C9H12.HNO2S/c1-8(2)9-6-4-3-5-7-9;1-4(2)3/h3-8H,1-2H3;1H. The summed E-state index contributed by atoms with van der Waals surface area (Å²) in [6, 6.07) is 10.5. The molecule has 4 heteroatoms. The molecule has 0 unspecified atom stereocenters. The minimum Gasteiger partial charge on any atom is -0.188 e. The molecule has 0 aliphatic heterocycles. The van der Waals surface area contributed by atoms with Crippen LogP contribution in [0.1, 0.15) is 25.3 Å². The van der Waals surface area contributed by atoms with Crippen LogP contribution in [0.4, 0.5) is 0 Å². The summed E-state index contributed by atoms with van der Waals surface area (Å²) in [6.07, 6.45) is 0. The van der Waals surface area contributed by atoms with Crippen LogP contribution in [0.25, 0.3) is 0 Å². The Kier molecular flexibility index (Phi) is 5.80. The number of benzene rings is 1. The molecule has 0 fully saturated rings. The zero-order valence-corrected chi connectivity index (χ0v) is 8.51. The molecule has 0 radical (unpaired) electrons. The molecule has 1 aromatic carbocycles. The van der Waals surface area contributed by atoms with E-state index >= 15 is 0 Å². The molecule has 0 heterocycles. The van der Waals surface area contributed by atoms with Crippen molar-refractivity contribution in [2.24, 2.45) is 0 Å². The monoisotopic (exact) mass is 199 g/mol. The van der Waals surface area contributed by atoms with Crippen molar-refractivity contribution < 1.29 is 8.42 Å². The largest absolute Gasteiger partial charge is 0.308 e. The predicted molar refractivity (Wildman–Crippen MR) is 52.2 cm³/mol. The molecular formula is C9H13NO2S. The van der Waals surface area contributed by atoms with Gasteiger partial charge in [-0.15, -0.1) is 0 Å². The molecule has 1 aromatic rings. The fourth-order valence-electron chi connectivity index (χ4n) is 0.838. The molecule has 0 bridgehead atoms. The third-order valence-corrected chi connectivity index (χ3v) is 1.47. The summed E-state index contributed by atoms with van der Waals surface area (Å²) >= 11 is 0. The third-order valence-electron chi connectivity index (χ3n) is 1.47. The Balaban J connectivity index is 0.000000310. The Morgan fingerprint density at radius 2 is 1.54 bits per heavy atom. The number of hydrogen-bond acceptors (Lipinski definition) is 3. The maximum Gasteiger partial charge on any atom is 0.308 e. The van der Waals surface area contributed by atoms with Gasteiger partial charge in [-0.25, -0.2) is 0 Å². The average molecular weight is 199 g/mol. The van der Waals surface area contributed by atoms with Crippen LogP contribution in [-0.2, 0) is 10.5 Å². The topological polar surface area (TPSA) is 58.0 Å². The molecule has 3 nitrogen and oxygen atoms in total. The van der Waals surface area contributed by atoms with E-state index in [-0.39, 0.29) is 0 Å². The van der Waals surface area contributed by atoms with Gasteiger partial charge in [-0.2, -0.15) is 13.2 Å². The lowest BCUT2D eigenvalue weighted by atomic mass is 10.0. The first-order chi connectivity index (χ1) is 6.04. The van der Waals surface area contributed by atoms with Crippen molar-refractivity contribution in [2.45, 2.75) is 19.8 Å². The van der Waals surface area contributed by atoms with Crippen LogP contribution in [0.15, 0.2) is 30.3 Å². The van der Waals surface area contributed by atoms with Crippen molar-refractivity contribution in [2.75, 3.05) is 0 Å². The Bertz CT molecular complexity index is 321. The van der Waals surface area contributed by atoms with Gasteiger partial charge in [0.1, 0.15) is 0 Å². The summed E-state index contributed by atoms with van der Waals surface area (Å²) in [6.45, 7) is 4.41. The Labute approximate surface area is 79.9 Å². The highest BCUT2D eigenvalue weighted by molar-refractivity contribution is 7.60. The highest BCUT2D eigenvalue weighted by atomic mass is 32.2. The number of hydrogen-bond donors (Lipinski definition) is 1. The first-order valence-corrected chi connectivity index (χ1v) is 4.97. The highest BCUT2D eigenvalue weighted by Gasteiger charge is 1.93. The zero-order valence-electron chi connectivity index (χ0n) is 7.69. The van der Waals surface area contributed by atoms with E-state index in [2.05, 4.69) is 38.1 Å². The van der Waals surface area contributed by atoms with E-state index in [0.29, 0.717) is 5.92 Å². The van der Waals surface area contributed by atoms with Crippen LogP contribution < -0.4 is 0 Å². The van der Waals surface area contributed by atoms with Gasteiger partial charge in [-0.1, -0.05) is 44.2 Å². The van der Waals surface area contributed by atoms with Gasteiger partial charge in [0.15, 0.2) is 0 Å². The van der Waals surface area contributed by atoms with Crippen molar-refractivity contribution in [1.29, 1.82) is 4.78 Å². The maximum absolute atomic E-state index is 8.67. The van der Waals surface area contributed by atoms with E-state index in [1.165, 1.54) is 5.56 Å². The highest BCUT2D eigenvalue weighted by Crippen LogP contribution is 2.11. The lowest BCUT2D eigenvalue weighted by molar-refractivity contribution is 0.620. The number of rotatable bonds is 1. The van der Waals surface area contributed by atoms with Crippen LogP contribution in [0.2, 0.25) is 0 Å². The van der Waals surface area contributed by atoms with Gasteiger partial charge in [0.2, 0.25) is 0 Å². The molecule has 0 saturated carbocycles. The molecule has 0 spiro atoms. The van der Waals surface area contributed by atoms with Crippen LogP contribution in [0.3, 0.4) is 0 Å². The van der Waals surface area contributed by atoms with Crippen LogP contribution in [0.5, 0.6) is 0 Å². The lowest BCUT2D eigenvalue weighted by Gasteiger charge is -2.01. The van der Waals surface area contributed by atoms with Gasteiger partial charge < -0.3 is 0 Å². The summed E-state index contributed by atoms with van der Waals surface area (Å²) in [5.41, 5.74) is 1.41. The zero-order chi connectivity index (χ0) is 10.3. The van der Waals surface area contributed by atoms with Crippen molar-refractivity contribution in [1.82, 2.24) is 0 Å². The molecule has 72 valence electrons. The lowest BCUT2D eigenvalue weighted by Crippen LogP contribution is -1.83. The summed E-state index contributed by atoms with van der Waals surface area (Å²) in [5, 5.41) is 0. The summed E-state index contributed by atoms with van der Waals surface area (Å²) in [7, 11) is -2.61. The predicted octanol–water partition coefficient (Wildman–Crippen LogP) is 2.44. The second-order valence-electron chi connectivity index (χ2n) is 2.80. The molecule has 0 aliphatic carbocycles. The summed E-state index contributed by atoms with van der Waals surface area (Å²) < 4.78 is 22.8. The molecule has 0 aliphatic rings. The van der Waals surface area contributed by atoms with E-state index in [1.54, 1.807) is 0 Å². The van der Waals surface area contributed by atoms with E-state index < -0.39 is 10.5 Å². The second kappa shape index (κ2) is 6.37. The minimum atomic E-state index is -2.61. The van der Waals surface area contributed by atoms with E-state index in [0.717, 1.165) is 0 Å². The fraction of sp³-hybridized carbons (Fsp3) is 0.333. The van der Waals surface area contributed by atoms with Crippen LogP contribution in [0, 0.1) is 4.78 Å². The molecule has 0 saturated heterocycles. The Morgan fingerprint density at radius 3 is 1.77 bits per heavy atom. The van der Waals surface area contributed by atoms with E-state index in [1.807, 2.05) is 6.07 Å². The Morgan fingerprint density at radius 1 is 1.15 bits per heavy atom. The molecular weight excluding hydrogens is 186 g/mol. The third kappa shape index (κ3) is 7.21. The normalized spacial score (nSPS) is 8.85. The van der Waals surface area contributed by atoms with Gasteiger partial charge in [0.05, 0.1) is 0 Å². The van der Waals surface area contributed by atoms with Crippen molar-refractivity contribution >= 4 is 10.5 Å². The van der Waals surface area contributed by atoms with Crippen molar-refractivity contribution in [3.63, 3.8) is 0 Å². The fourth-order valence-corrected chi connectivity index (χ4v) is 0.838. The Hall–Kier alpha value is -1.16. The van der Waals surface area contributed by atoms with Crippen molar-refractivity contribution in [3.05, 3.63) is 35.9 Å². The molecule has 0 aromatic heterocycles. The smallest absolute Gasteiger partial charge is 0.188 e. The first kappa shape index (κ1) is 11.8. The van der Waals surface area contributed by atoms with Gasteiger partial charge in [0.25, 0.3) is 0 Å². The van der Waals surface area contributed by atoms with Crippen LogP contribution in [-0.4, -0.2) is 8.42 Å². The molecule has 13 heavy (non-hydrogen) atoms. The SMILES string of the molecule is CC(C)c1ccccc1.N=S(=O)=O.